The average Bonchev–Trinajstić information content (AvgIpc) is 3.65. The van der Waals surface area contributed by atoms with Gasteiger partial charge >= 0.3 is 6.01 Å². The van der Waals surface area contributed by atoms with E-state index in [9.17, 15) is 4.39 Å². The number of rotatable bonds is 4. The second kappa shape index (κ2) is 10.4. The first-order valence-electron chi connectivity index (χ1n) is 16.5. The van der Waals surface area contributed by atoms with Crippen LogP contribution in [0, 0.1) is 29.8 Å². The number of alkyl halides is 2. The Morgan fingerprint density at radius 3 is 2.79 bits per heavy atom. The van der Waals surface area contributed by atoms with Crippen molar-refractivity contribution < 1.29 is 26.7 Å². The molecule has 0 radical (unpaired) electrons. The number of terminal acetylenes is 1. The molecule has 0 unspecified atom stereocenters. The topological polar surface area (TPSA) is 79.5 Å². The van der Waals surface area contributed by atoms with Crippen molar-refractivity contribution >= 4 is 33.2 Å². The highest BCUT2D eigenvalue weighted by Gasteiger charge is 2.52. The number of nitrogens with two attached hydrogens (primary N) is 1. The maximum atomic E-state index is 17.2. The summed E-state index contributed by atoms with van der Waals surface area (Å²) in [4.78, 5) is 13.2. The fourth-order valence-corrected chi connectivity index (χ4v) is 9.29. The zero-order valence-electron chi connectivity index (χ0n) is 26.1. The summed E-state index contributed by atoms with van der Waals surface area (Å²) in [5.74, 6) is -1.72. The number of hydrogen-bond acceptors (Lipinski definition) is 7. The van der Waals surface area contributed by atoms with Gasteiger partial charge in [0, 0.05) is 41.7 Å². The lowest BCUT2D eigenvalue weighted by Crippen LogP contribution is -2.62. The van der Waals surface area contributed by atoms with Crippen LogP contribution in [0.3, 0.4) is 0 Å². The molecule has 4 saturated heterocycles. The zero-order valence-corrected chi connectivity index (χ0v) is 26.1. The number of nitrogens with zero attached hydrogens (tertiary/aromatic N) is 4. The minimum absolute atomic E-state index is 0.000866. The van der Waals surface area contributed by atoms with Gasteiger partial charge < -0.3 is 15.4 Å². The van der Waals surface area contributed by atoms with Gasteiger partial charge in [-0.1, -0.05) is 12.0 Å². The van der Waals surface area contributed by atoms with Crippen LogP contribution in [0.15, 0.2) is 24.3 Å². The van der Waals surface area contributed by atoms with E-state index in [1.54, 1.807) is 6.07 Å². The number of aromatic nitrogens is 2. The van der Waals surface area contributed by atoms with E-state index in [4.69, 9.17) is 21.9 Å². The second-order valence-corrected chi connectivity index (χ2v) is 14.1. The Kier molecular flexibility index (Phi) is 6.47. The molecule has 9 rings (SSSR count). The molecule has 5 atom stereocenters. The van der Waals surface area contributed by atoms with Crippen LogP contribution in [0.4, 0.5) is 33.5 Å². The Hall–Kier alpha value is -4.21. The normalized spacial score (nSPS) is 29.2. The molecule has 2 bridgehead atoms. The number of nitrogen functional groups attached to an aromatic ring is 1. The van der Waals surface area contributed by atoms with Crippen LogP contribution in [0.1, 0.15) is 49.7 Å². The summed E-state index contributed by atoms with van der Waals surface area (Å²) in [6.07, 6.45) is 8.22. The van der Waals surface area contributed by atoms with E-state index in [2.05, 4.69) is 21.1 Å². The number of hydrogen-bond donors (Lipinski definition) is 2. The Morgan fingerprint density at radius 2 is 1.96 bits per heavy atom. The van der Waals surface area contributed by atoms with Crippen molar-refractivity contribution in [3.8, 4) is 29.5 Å². The van der Waals surface area contributed by atoms with E-state index < -0.39 is 40.5 Å². The highest BCUT2D eigenvalue weighted by molar-refractivity contribution is 6.06. The summed E-state index contributed by atoms with van der Waals surface area (Å²) < 4.78 is 85.9. The lowest BCUT2D eigenvalue weighted by molar-refractivity contribution is 0.106. The van der Waals surface area contributed by atoms with Gasteiger partial charge in [-0.25, -0.2) is 22.0 Å². The van der Waals surface area contributed by atoms with Gasteiger partial charge in [0.2, 0.25) is 0 Å². The molecule has 3 N–H and O–H groups in total. The lowest BCUT2D eigenvalue weighted by Gasteiger charge is -2.43. The predicted octanol–water partition coefficient (Wildman–Crippen LogP) is 5.94. The standard InChI is InChI=1S/C36H33F5N6O/c1-2-21-24(38)6-4-18-12-20(42)13-23(27(18)21)28-30(39)22-5-7-26-25-8-10-36(41,45-25)16-47(26)33-29(22)32(31(28)40)43-34(44-33)48-17-35-9-3-11-46(35)15-19(37)14-35/h1,4,6,12-13,19,25-26,45H,3,5,7-11,14-17,42H2/t19-,25+,26-,35+,36-/m1/s1. The average molecular weight is 661 g/mol. The third-order valence-electron chi connectivity index (χ3n) is 11.4. The fraction of sp³-hybridized carbons (Fsp3) is 0.444. The quantitative estimate of drug-likeness (QED) is 0.122. The SMILES string of the molecule is C#Cc1c(F)ccc2cc(N)cc(-c3c(F)c4c5c(nc(OC[C@@]67CCCN6C[C@H](F)C7)nc5c3F)N3C[C@@]5(F)CC[C@H](N5)[C@H]3CC4)c12. The van der Waals surface area contributed by atoms with Crippen LogP contribution in [0.2, 0.25) is 0 Å². The summed E-state index contributed by atoms with van der Waals surface area (Å²) in [5, 5.41) is 3.83. The van der Waals surface area contributed by atoms with Gasteiger partial charge in [0.15, 0.2) is 11.6 Å². The van der Waals surface area contributed by atoms with E-state index in [-0.39, 0.29) is 82.2 Å². The molecule has 0 amide bonds. The number of halogens is 5. The molecule has 4 aromatic rings. The second-order valence-electron chi connectivity index (χ2n) is 14.1. The lowest BCUT2D eigenvalue weighted by atomic mass is 9.89. The molecule has 4 fully saturated rings. The van der Waals surface area contributed by atoms with E-state index in [0.717, 1.165) is 19.4 Å². The molecule has 0 aliphatic carbocycles. The van der Waals surface area contributed by atoms with Crippen molar-refractivity contribution in [1.82, 2.24) is 20.2 Å². The van der Waals surface area contributed by atoms with Crippen molar-refractivity contribution in [2.75, 3.05) is 36.9 Å². The molecular weight excluding hydrogens is 627 g/mol. The summed E-state index contributed by atoms with van der Waals surface area (Å²) in [7, 11) is 0. The molecule has 1 aromatic heterocycles. The van der Waals surface area contributed by atoms with Crippen molar-refractivity contribution in [2.24, 2.45) is 0 Å². The van der Waals surface area contributed by atoms with Gasteiger partial charge in [-0.2, -0.15) is 9.97 Å². The molecule has 0 saturated carbocycles. The number of fused-ring (bicyclic) bond motifs is 7. The molecular formula is C36H33F5N6O. The van der Waals surface area contributed by atoms with Crippen LogP contribution < -0.4 is 20.7 Å². The van der Waals surface area contributed by atoms with Crippen molar-refractivity contribution in [1.29, 1.82) is 0 Å². The van der Waals surface area contributed by atoms with Crippen LogP contribution in [-0.4, -0.2) is 70.7 Å². The first kappa shape index (κ1) is 29.9. The third kappa shape index (κ3) is 4.26. The van der Waals surface area contributed by atoms with Gasteiger partial charge in [0.05, 0.1) is 28.6 Å². The minimum Gasteiger partial charge on any atom is -0.461 e. The summed E-state index contributed by atoms with van der Waals surface area (Å²) >= 11 is 0. The third-order valence-corrected chi connectivity index (χ3v) is 11.4. The van der Waals surface area contributed by atoms with E-state index >= 15 is 17.6 Å². The Bertz CT molecular complexity index is 2090. The van der Waals surface area contributed by atoms with Crippen LogP contribution in [0.25, 0.3) is 32.8 Å². The largest absolute Gasteiger partial charge is 0.461 e. The van der Waals surface area contributed by atoms with E-state index in [1.165, 1.54) is 18.2 Å². The predicted molar refractivity (Wildman–Crippen MR) is 173 cm³/mol. The monoisotopic (exact) mass is 660 g/mol. The molecule has 6 heterocycles. The van der Waals surface area contributed by atoms with Gasteiger partial charge in [-0.15, -0.1) is 6.42 Å². The summed E-state index contributed by atoms with van der Waals surface area (Å²) in [5.41, 5.74) is 5.29. The maximum Gasteiger partial charge on any atom is 0.319 e. The van der Waals surface area contributed by atoms with Crippen molar-refractivity contribution in [3.05, 3.63) is 52.8 Å². The number of benzene rings is 3. The first-order chi connectivity index (χ1) is 23.1. The van der Waals surface area contributed by atoms with Gasteiger partial charge in [0.25, 0.3) is 0 Å². The number of ether oxygens (including phenoxy) is 1. The van der Waals surface area contributed by atoms with Crippen molar-refractivity contribution in [2.45, 2.75) is 74.5 Å². The van der Waals surface area contributed by atoms with E-state index in [1.807, 2.05) is 4.90 Å². The minimum atomic E-state index is -1.68. The molecule has 248 valence electrons. The smallest absolute Gasteiger partial charge is 0.319 e. The van der Waals surface area contributed by atoms with E-state index in [0.29, 0.717) is 37.6 Å². The summed E-state index contributed by atoms with van der Waals surface area (Å²) in [6, 6.07) is 5.00. The highest BCUT2D eigenvalue weighted by Crippen LogP contribution is 2.48. The van der Waals surface area contributed by atoms with Crippen LogP contribution in [0.5, 0.6) is 6.01 Å². The van der Waals surface area contributed by atoms with Crippen LogP contribution >= 0.6 is 0 Å². The van der Waals surface area contributed by atoms with Gasteiger partial charge in [-0.3, -0.25) is 10.2 Å². The van der Waals surface area contributed by atoms with Gasteiger partial charge in [-0.05, 0) is 74.2 Å². The molecule has 0 spiro atoms. The molecule has 7 nitrogen and oxygen atoms in total. The molecule has 3 aromatic carbocycles. The van der Waals surface area contributed by atoms with Crippen LogP contribution in [-0.2, 0) is 6.42 Å². The number of piperazine rings is 1. The maximum absolute atomic E-state index is 17.2. The highest BCUT2D eigenvalue weighted by atomic mass is 19.2. The zero-order chi connectivity index (χ0) is 33.1. The Morgan fingerprint density at radius 1 is 1.10 bits per heavy atom. The Labute approximate surface area is 273 Å². The van der Waals surface area contributed by atoms with Crippen molar-refractivity contribution in [3.63, 3.8) is 0 Å². The number of aryl methyl sites for hydroxylation is 1. The number of nitrogens with one attached hydrogen (secondary N) is 1. The number of anilines is 2. The summed E-state index contributed by atoms with van der Waals surface area (Å²) in [6.45, 7) is 1.11. The fourth-order valence-electron chi connectivity index (χ4n) is 9.29. The molecule has 48 heavy (non-hydrogen) atoms. The molecule has 5 aliphatic heterocycles. The molecule has 5 aliphatic rings. The molecule has 12 heteroatoms. The van der Waals surface area contributed by atoms with Gasteiger partial charge in [0.1, 0.15) is 35.7 Å². The first-order valence-corrected chi connectivity index (χ1v) is 16.5. The Balaban J connectivity index is 1.28.